The Morgan fingerprint density at radius 2 is 0.460 bits per heavy atom. The van der Waals surface area contributed by atoms with Crippen LogP contribution in [0.4, 0.5) is 188 Å². The lowest BCUT2D eigenvalue weighted by Crippen LogP contribution is -2.19. The van der Waals surface area contributed by atoms with E-state index in [1.807, 2.05) is 76.0 Å². The molecule has 0 unspecified atom stereocenters. The summed E-state index contributed by atoms with van der Waals surface area (Å²) in [5.74, 6) is 7.71. The summed E-state index contributed by atoms with van der Waals surface area (Å²) in [6.07, 6.45) is 21.8. The average molecular weight is 1720 g/mol. The van der Waals surface area contributed by atoms with Gasteiger partial charge in [-0.05, 0) is 41.8 Å². The number of nitrogens with one attached hydrogen (secondary N) is 10. The number of nitrogens with two attached hydrogens (primary N) is 9. The molecule has 0 saturated carbocycles. The first-order chi connectivity index (χ1) is 59.6. The molecule has 0 aliphatic carbocycles. The molecule has 0 fully saturated rings. The second-order valence-electron chi connectivity index (χ2n) is 24.2. The largest absolute Gasteiger partial charge is 0.470 e. The van der Waals surface area contributed by atoms with Crippen LogP contribution < -0.4 is 129 Å². The van der Waals surface area contributed by atoms with Crippen LogP contribution in [0, 0.1) is 0 Å². The number of furan rings is 7. The van der Waals surface area contributed by atoms with Crippen molar-refractivity contribution in [2.75, 3.05) is 214 Å². The number of thiophene rings is 1. The first-order valence-corrected chi connectivity index (χ1v) is 36.5. The molecule has 16 aromatic rings. The molecule has 0 atom stereocenters. The van der Waals surface area contributed by atoms with Gasteiger partial charge in [0, 0.05) is 102 Å². The van der Waals surface area contributed by atoms with Crippen LogP contribution in [-0.2, 0) is 0 Å². The summed E-state index contributed by atoms with van der Waals surface area (Å²) in [5.41, 5.74) is 55.5. The molecule has 16 heterocycles. The maximum atomic E-state index is 5.57. The van der Waals surface area contributed by atoms with Gasteiger partial charge in [-0.2, -0.15) is 131 Å². The Morgan fingerprint density at radius 3 is 0.766 bits per heavy atom. The molecule has 0 aliphatic heterocycles. The van der Waals surface area contributed by atoms with Crippen molar-refractivity contribution >= 4 is 200 Å². The molecule has 56 heteroatoms. The van der Waals surface area contributed by atoms with E-state index >= 15 is 0 Å². The first kappa shape index (κ1) is 89.9. The van der Waals surface area contributed by atoms with Crippen LogP contribution >= 0.6 is 11.3 Å². The van der Waals surface area contributed by atoms with Crippen LogP contribution in [0.3, 0.4) is 0 Å². The van der Waals surface area contributed by atoms with Crippen molar-refractivity contribution in [1.29, 1.82) is 0 Å². The van der Waals surface area contributed by atoms with E-state index < -0.39 is 0 Å². The first-order valence-electron chi connectivity index (χ1n) is 35.5. The summed E-state index contributed by atoms with van der Waals surface area (Å²) < 4.78 is 34.5. The number of nitrogen functional groups attached to an aromatic ring is 9. The minimum absolute atomic E-state index is 0.0727. The fourth-order valence-corrected chi connectivity index (χ4v) is 9.29. The van der Waals surface area contributed by atoms with E-state index in [9.17, 15) is 0 Å². The van der Waals surface area contributed by atoms with Gasteiger partial charge in [-0.25, -0.2) is 0 Å². The predicted octanol–water partition coefficient (Wildman–Crippen LogP) is 6.79. The zero-order chi connectivity index (χ0) is 89.0. The van der Waals surface area contributed by atoms with Crippen molar-refractivity contribution in [3.63, 3.8) is 0 Å². The smallest absolute Gasteiger partial charge is 0.236 e. The average Bonchev–Trinajstić information content (AvgIpc) is 1.72. The molecule has 0 radical (unpaired) electrons. The molecule has 0 amide bonds. The highest BCUT2D eigenvalue weighted by Gasteiger charge is 2.16. The Hall–Kier alpha value is -18.1. The molecule has 124 heavy (non-hydrogen) atoms. The van der Waals surface area contributed by atoms with Gasteiger partial charge in [0.1, 0.15) is 43.8 Å². The van der Waals surface area contributed by atoms with Crippen LogP contribution in [0.15, 0.2) is 178 Å². The fraction of sp³-hybridized carbons (Fsp3) is 0.176. The summed E-state index contributed by atoms with van der Waals surface area (Å²) >= 11 is 1.57. The Labute approximate surface area is 708 Å². The molecular weight excluding hydrogens is 1630 g/mol. The number of anilines is 32. The highest BCUT2D eigenvalue weighted by atomic mass is 32.1. The zero-order valence-electron chi connectivity index (χ0n) is 68.3. The Morgan fingerprint density at radius 1 is 0.234 bits per heavy atom. The SMILES string of the molecule is CN(C)c1nc(N)nc(Nc2ccoc2)n1.CN(C)c1nc(Nc2ccoc2)nc(N(C)C)n1.CN(c1ccoc1)c1nc(N)nc(N)n1.CNc1nc(N)nc(N(C)c2ccoc2)n1.CNc1nc(N)nc(Nc2ccoc2)n1.CNc1nc(NC)nc(Nc2ccoc2)n1.Nc1nc(N)nc(Nc2ccoc2)n1.Nc1nc(N)nc(Nc2ccsc2)n1. The van der Waals surface area contributed by atoms with Crippen molar-refractivity contribution in [3.05, 3.63) is 147 Å². The van der Waals surface area contributed by atoms with Gasteiger partial charge < -0.3 is 160 Å². The van der Waals surface area contributed by atoms with Crippen molar-refractivity contribution in [2.45, 2.75) is 0 Å². The number of hydrogen-bond donors (Lipinski definition) is 19. The van der Waals surface area contributed by atoms with Crippen molar-refractivity contribution in [3.8, 4) is 0 Å². The molecule has 0 aliphatic rings. The Bertz CT molecular complexity index is 5530. The maximum Gasteiger partial charge on any atom is 0.236 e. The third-order valence-corrected chi connectivity index (χ3v) is 15.0. The summed E-state index contributed by atoms with van der Waals surface area (Å²) in [6, 6.07) is 14.3. The third-order valence-electron chi connectivity index (χ3n) is 14.3. The summed E-state index contributed by atoms with van der Waals surface area (Å²) in [4.78, 5) is 105. The van der Waals surface area contributed by atoms with E-state index in [0.29, 0.717) is 83.3 Å². The van der Waals surface area contributed by atoms with Crippen LogP contribution in [0.25, 0.3) is 0 Å². The number of aromatic nitrogens is 24. The molecule has 55 nitrogen and oxygen atoms in total. The van der Waals surface area contributed by atoms with E-state index in [1.54, 1.807) is 179 Å². The topological polar surface area (TPSA) is 772 Å². The normalized spacial score (nSPS) is 10.1. The molecule has 0 bridgehead atoms. The monoisotopic (exact) mass is 1720 g/mol. The summed E-state index contributed by atoms with van der Waals surface area (Å²) in [5, 5.41) is 32.9. The standard InChI is InChI=1S/C11H16N6O.3C9H12N6O.2C8H10N6O.C7H8N6O.C7H8N6S/c1-16(2)10-13-9(12-8-5-6-18-7-8)14-11(15-10)17(3)4;1-15(2)9-13-7(10)12-8(14-9)11-6-3-4-16-5-6;1-11-8-12-7(10)13-9(14-8)15(2)6-3-4-16-5-6;1-10-7-13-8(11-2)15-9(14-7)12-6-3-4-16-5-6;1-14(5-2-3-15-4-5)8-12-6(9)11-7(10)13-8;1-10-7-12-6(9)13-8(14-7)11-5-2-3-15-4-5;2*8-5-11-6(9)13-7(12-5)10-4-1-2-14-3-4/h5-7H,1-4H3,(H,12,13,14,15);2*3-5H,1-2H3,(H3,10,11,12,13,14);3-5H,1-2H3,(H3,10,11,12,13,14,15);2-4H,1H3,(H4,9,10,11,12,13);2-4H,1H3,(H4,9,10,11,12,13,14);2*1-3H,(H5,8,9,10,11,12,13). The van der Waals surface area contributed by atoms with E-state index in [2.05, 4.69) is 173 Å². The van der Waals surface area contributed by atoms with E-state index in [0.717, 1.165) is 45.5 Å². The molecular formula is C68H88N48O7S. The van der Waals surface area contributed by atoms with Gasteiger partial charge in [-0.3, -0.25) is 0 Å². The van der Waals surface area contributed by atoms with Crippen LogP contribution in [-0.4, -0.2) is 204 Å². The van der Waals surface area contributed by atoms with Gasteiger partial charge >= 0.3 is 0 Å². The minimum atomic E-state index is 0.0727. The van der Waals surface area contributed by atoms with E-state index in [-0.39, 0.29) is 59.5 Å². The van der Waals surface area contributed by atoms with Gasteiger partial charge in [0.2, 0.25) is 143 Å². The molecule has 28 N–H and O–H groups in total. The van der Waals surface area contributed by atoms with Gasteiger partial charge in [0.05, 0.1) is 89.3 Å². The number of rotatable bonds is 23. The van der Waals surface area contributed by atoms with Crippen LogP contribution in [0.1, 0.15) is 0 Å². The highest BCUT2D eigenvalue weighted by Crippen LogP contribution is 2.26. The molecule has 648 valence electrons. The summed E-state index contributed by atoms with van der Waals surface area (Å²) in [7, 11) is 21.7. The molecule has 0 saturated heterocycles. The quantitative estimate of drug-likeness (QED) is 0.0313. The van der Waals surface area contributed by atoms with E-state index in [4.69, 9.17) is 82.5 Å². The number of hydrogen-bond acceptors (Lipinski definition) is 56. The fourth-order valence-electron chi connectivity index (χ4n) is 8.70. The minimum Gasteiger partial charge on any atom is -0.470 e. The lowest BCUT2D eigenvalue weighted by atomic mass is 10.5. The van der Waals surface area contributed by atoms with Crippen LogP contribution in [0.2, 0.25) is 0 Å². The van der Waals surface area contributed by atoms with Crippen molar-refractivity contribution in [1.82, 2.24) is 120 Å². The molecule has 0 spiro atoms. The van der Waals surface area contributed by atoms with Gasteiger partial charge in [-0.1, -0.05) is 0 Å². The van der Waals surface area contributed by atoms with Crippen molar-refractivity contribution < 1.29 is 30.9 Å². The van der Waals surface area contributed by atoms with Gasteiger partial charge in [-0.15, -0.1) is 0 Å². The van der Waals surface area contributed by atoms with E-state index in [1.165, 1.54) is 12.5 Å². The molecule has 0 aromatic carbocycles. The summed E-state index contributed by atoms with van der Waals surface area (Å²) in [6.45, 7) is 0. The second kappa shape index (κ2) is 44.9. The maximum absolute atomic E-state index is 5.57. The zero-order valence-corrected chi connectivity index (χ0v) is 69.1. The number of nitrogens with zero attached hydrogens (tertiary/aromatic N) is 29. The lowest BCUT2D eigenvalue weighted by Gasteiger charge is -2.16. The predicted molar refractivity (Wildman–Crippen MR) is 471 cm³/mol. The second-order valence-corrected chi connectivity index (χ2v) is 25.0. The van der Waals surface area contributed by atoms with Gasteiger partial charge in [0.15, 0.2) is 0 Å². The van der Waals surface area contributed by atoms with Gasteiger partial charge in [0.25, 0.3) is 0 Å². The third kappa shape index (κ3) is 29.3. The highest BCUT2D eigenvalue weighted by molar-refractivity contribution is 7.08. The van der Waals surface area contributed by atoms with Crippen LogP contribution in [0.5, 0.6) is 0 Å². The molecule has 16 aromatic heterocycles. The van der Waals surface area contributed by atoms with Crippen molar-refractivity contribution in [2.24, 2.45) is 0 Å². The lowest BCUT2D eigenvalue weighted by molar-refractivity contribution is 0.567. The Balaban J connectivity index is 0.000000161. The Kier molecular flexibility index (Phi) is 32.5. The molecule has 16 rings (SSSR count).